The number of ether oxygens (including phenoxy) is 2. The van der Waals surface area contributed by atoms with E-state index in [0.29, 0.717) is 12.3 Å². The van der Waals surface area contributed by atoms with Crippen molar-refractivity contribution in [3.8, 4) is 11.5 Å². The Morgan fingerprint density at radius 1 is 1.27 bits per heavy atom. The molecule has 1 aliphatic rings. The van der Waals surface area contributed by atoms with Crippen molar-refractivity contribution in [3.05, 3.63) is 23.8 Å². The molecule has 1 atom stereocenters. The summed E-state index contributed by atoms with van der Waals surface area (Å²) < 4.78 is 10.6. The number of hydrogen-bond donors (Lipinski definition) is 1. The second-order valence-electron chi connectivity index (χ2n) is 5.69. The van der Waals surface area contributed by atoms with Crippen LogP contribution in [0.15, 0.2) is 18.2 Å². The summed E-state index contributed by atoms with van der Waals surface area (Å²) in [7, 11) is 3.27. The lowest BCUT2D eigenvalue weighted by Gasteiger charge is -2.35. The third-order valence-corrected chi connectivity index (χ3v) is 4.52. The first-order valence-electron chi connectivity index (χ1n) is 7.79. The highest BCUT2D eigenvalue weighted by atomic mass is 16.5. The average Bonchev–Trinajstić information content (AvgIpc) is 2.55. The van der Waals surface area contributed by atoms with Crippen molar-refractivity contribution in [3.63, 3.8) is 0 Å². The molecule has 0 radical (unpaired) electrons. The molecule has 1 fully saturated rings. The number of benzene rings is 1. The van der Waals surface area contributed by atoms with Crippen LogP contribution in [0, 0.1) is 0 Å². The van der Waals surface area contributed by atoms with Gasteiger partial charge in [-0.1, -0.05) is 13.0 Å². The summed E-state index contributed by atoms with van der Waals surface area (Å²) in [5.41, 5.74) is 1.24. The van der Waals surface area contributed by atoms with Crippen molar-refractivity contribution in [2.45, 2.75) is 38.1 Å². The van der Waals surface area contributed by atoms with E-state index in [1.54, 1.807) is 14.2 Å². The number of nitrogens with zero attached hydrogens (tertiary/aromatic N) is 1. The van der Waals surface area contributed by atoms with Crippen LogP contribution in [0.25, 0.3) is 0 Å². The second-order valence-corrected chi connectivity index (χ2v) is 5.69. The van der Waals surface area contributed by atoms with Gasteiger partial charge in [-0.25, -0.2) is 0 Å². The van der Waals surface area contributed by atoms with E-state index in [9.17, 15) is 9.90 Å². The van der Waals surface area contributed by atoms with E-state index >= 15 is 0 Å². The maximum absolute atomic E-state index is 11.3. The summed E-state index contributed by atoms with van der Waals surface area (Å²) in [6.07, 6.45) is 2.59. The van der Waals surface area contributed by atoms with Crippen LogP contribution in [-0.2, 0) is 4.79 Å². The number of likely N-dealkylation sites (tertiary alicyclic amines) is 1. The number of carboxylic acid groups (broad SMARTS) is 1. The topological polar surface area (TPSA) is 59.0 Å². The Kier molecular flexibility index (Phi) is 5.66. The van der Waals surface area contributed by atoms with Gasteiger partial charge in [-0.15, -0.1) is 0 Å². The SMILES string of the molecule is CCC(C(=O)O)N1CCC(c2ccc(OC)c(OC)c2)CC1. The summed E-state index contributed by atoms with van der Waals surface area (Å²) >= 11 is 0. The normalized spacial score (nSPS) is 18.0. The van der Waals surface area contributed by atoms with Crippen molar-refractivity contribution in [1.82, 2.24) is 4.90 Å². The summed E-state index contributed by atoms with van der Waals surface area (Å²) in [6, 6.07) is 5.70. The van der Waals surface area contributed by atoms with Gasteiger partial charge < -0.3 is 14.6 Å². The minimum absolute atomic E-state index is 0.355. The molecule has 1 aromatic carbocycles. The molecule has 0 saturated carbocycles. The molecule has 0 bridgehead atoms. The van der Waals surface area contributed by atoms with Gasteiger partial charge in [0, 0.05) is 0 Å². The van der Waals surface area contributed by atoms with Crippen molar-refractivity contribution in [2.24, 2.45) is 0 Å². The standard InChI is InChI=1S/C17H25NO4/c1-4-14(17(19)20)18-9-7-12(8-10-18)13-5-6-15(21-2)16(11-13)22-3/h5-6,11-12,14H,4,7-10H2,1-3H3,(H,19,20). The molecule has 1 unspecified atom stereocenters. The third kappa shape index (κ3) is 3.53. The smallest absolute Gasteiger partial charge is 0.320 e. The maximum Gasteiger partial charge on any atom is 0.320 e. The molecule has 5 heteroatoms. The minimum atomic E-state index is -0.716. The molecule has 0 aliphatic carbocycles. The quantitative estimate of drug-likeness (QED) is 0.875. The van der Waals surface area contributed by atoms with Gasteiger partial charge in [-0.05, 0) is 56.0 Å². The predicted octanol–water partition coefficient (Wildman–Crippen LogP) is 2.75. The van der Waals surface area contributed by atoms with Gasteiger partial charge in [-0.3, -0.25) is 9.69 Å². The van der Waals surface area contributed by atoms with Gasteiger partial charge in [0.1, 0.15) is 6.04 Å². The molecule has 1 saturated heterocycles. The van der Waals surface area contributed by atoms with Crippen LogP contribution in [0.4, 0.5) is 0 Å². The first-order chi connectivity index (χ1) is 10.6. The number of rotatable bonds is 6. The number of aliphatic carboxylic acids is 1. The van der Waals surface area contributed by atoms with Gasteiger partial charge in [0.2, 0.25) is 0 Å². The summed E-state index contributed by atoms with van der Waals surface area (Å²) in [5.74, 6) is 1.22. The van der Waals surface area contributed by atoms with Crippen molar-refractivity contribution >= 4 is 5.97 Å². The molecule has 1 heterocycles. The molecule has 22 heavy (non-hydrogen) atoms. The second kappa shape index (κ2) is 7.49. The summed E-state index contributed by atoms with van der Waals surface area (Å²) in [5, 5.41) is 9.26. The summed E-state index contributed by atoms with van der Waals surface area (Å²) in [6.45, 7) is 3.58. The van der Waals surface area contributed by atoms with Gasteiger partial charge in [0.25, 0.3) is 0 Å². The van der Waals surface area contributed by atoms with Crippen LogP contribution in [-0.4, -0.2) is 49.3 Å². The van der Waals surface area contributed by atoms with Crippen molar-refractivity contribution < 1.29 is 19.4 Å². The number of carbonyl (C=O) groups is 1. The molecule has 0 aromatic heterocycles. The van der Waals surface area contributed by atoms with Crippen molar-refractivity contribution in [1.29, 1.82) is 0 Å². The van der Waals surface area contributed by atoms with Crippen LogP contribution >= 0.6 is 0 Å². The maximum atomic E-state index is 11.3. The molecule has 5 nitrogen and oxygen atoms in total. The molecule has 122 valence electrons. The Morgan fingerprint density at radius 3 is 2.41 bits per heavy atom. The van der Waals surface area contributed by atoms with Crippen LogP contribution < -0.4 is 9.47 Å². The molecule has 2 rings (SSSR count). The van der Waals surface area contributed by atoms with Gasteiger partial charge >= 0.3 is 5.97 Å². The number of piperidine rings is 1. The van der Waals surface area contributed by atoms with Gasteiger partial charge in [0.05, 0.1) is 14.2 Å². The highest BCUT2D eigenvalue weighted by Gasteiger charge is 2.29. The Hall–Kier alpha value is -1.75. The molecule has 1 aliphatic heterocycles. The molecule has 0 spiro atoms. The average molecular weight is 307 g/mol. The highest BCUT2D eigenvalue weighted by Crippen LogP contribution is 2.35. The Morgan fingerprint density at radius 2 is 1.91 bits per heavy atom. The first-order valence-corrected chi connectivity index (χ1v) is 7.79. The van der Waals surface area contributed by atoms with E-state index in [0.717, 1.165) is 37.4 Å². The van der Waals surface area contributed by atoms with Crippen LogP contribution in [0.2, 0.25) is 0 Å². The first kappa shape index (κ1) is 16.6. The zero-order valence-corrected chi connectivity index (χ0v) is 13.5. The van der Waals surface area contributed by atoms with E-state index in [-0.39, 0.29) is 6.04 Å². The molecule has 1 aromatic rings. The minimum Gasteiger partial charge on any atom is -0.493 e. The molecule has 0 amide bonds. The monoisotopic (exact) mass is 307 g/mol. The molecule has 1 N–H and O–H groups in total. The largest absolute Gasteiger partial charge is 0.493 e. The van der Waals surface area contributed by atoms with E-state index in [1.165, 1.54) is 5.56 Å². The van der Waals surface area contributed by atoms with E-state index in [2.05, 4.69) is 11.0 Å². The zero-order chi connectivity index (χ0) is 16.1. The van der Waals surface area contributed by atoms with E-state index in [4.69, 9.17) is 9.47 Å². The Balaban J connectivity index is 2.04. The number of hydrogen-bond acceptors (Lipinski definition) is 4. The third-order valence-electron chi connectivity index (χ3n) is 4.52. The number of methoxy groups -OCH3 is 2. The Labute approximate surface area is 131 Å². The number of carboxylic acids is 1. The lowest BCUT2D eigenvalue weighted by atomic mass is 9.88. The zero-order valence-electron chi connectivity index (χ0n) is 13.5. The molecular weight excluding hydrogens is 282 g/mol. The van der Waals surface area contributed by atoms with Gasteiger partial charge in [0.15, 0.2) is 11.5 Å². The fourth-order valence-corrected chi connectivity index (χ4v) is 3.24. The fraction of sp³-hybridized carbons (Fsp3) is 0.588. The highest BCUT2D eigenvalue weighted by molar-refractivity contribution is 5.73. The van der Waals surface area contributed by atoms with E-state index in [1.807, 2.05) is 19.1 Å². The van der Waals surface area contributed by atoms with Crippen molar-refractivity contribution in [2.75, 3.05) is 27.3 Å². The van der Waals surface area contributed by atoms with Crippen LogP contribution in [0.3, 0.4) is 0 Å². The predicted molar refractivity (Wildman–Crippen MR) is 84.8 cm³/mol. The van der Waals surface area contributed by atoms with Gasteiger partial charge in [-0.2, -0.15) is 0 Å². The van der Waals surface area contributed by atoms with Crippen LogP contribution in [0.1, 0.15) is 37.7 Å². The summed E-state index contributed by atoms with van der Waals surface area (Å²) in [4.78, 5) is 13.3. The lowest BCUT2D eigenvalue weighted by molar-refractivity contribution is -0.143. The Bertz CT molecular complexity index is 509. The lowest BCUT2D eigenvalue weighted by Crippen LogP contribution is -2.44. The fourth-order valence-electron chi connectivity index (χ4n) is 3.24. The van der Waals surface area contributed by atoms with E-state index < -0.39 is 5.97 Å². The molecular formula is C17H25NO4. The van der Waals surface area contributed by atoms with Crippen LogP contribution in [0.5, 0.6) is 11.5 Å².